The van der Waals surface area contributed by atoms with Crippen LogP contribution in [0.4, 0.5) is 11.8 Å². The molecule has 1 aliphatic rings. The Labute approximate surface area is 105 Å². The van der Waals surface area contributed by atoms with Gasteiger partial charge in [-0.1, -0.05) is 0 Å². The van der Waals surface area contributed by atoms with Crippen LogP contribution in [-0.2, 0) is 9.47 Å². The van der Waals surface area contributed by atoms with Crippen LogP contribution in [0.3, 0.4) is 0 Å². The summed E-state index contributed by atoms with van der Waals surface area (Å²) in [4.78, 5) is 22.0. The average molecular weight is 252 g/mol. The molecule has 7 nitrogen and oxygen atoms in total. The van der Waals surface area contributed by atoms with E-state index >= 15 is 0 Å². The minimum Gasteiger partial charge on any atom is -0.465 e. The number of hydrogen-bond donors (Lipinski definition) is 1. The number of nitrogens with two attached hydrogens (primary N) is 1. The normalized spacial score (nSPS) is 15.6. The van der Waals surface area contributed by atoms with E-state index in [0.717, 1.165) is 13.1 Å². The zero-order valence-corrected chi connectivity index (χ0v) is 10.5. The largest absolute Gasteiger partial charge is 0.465 e. The molecule has 0 atom stereocenters. The third kappa shape index (κ3) is 2.35. The Bertz CT molecular complexity index is 435. The van der Waals surface area contributed by atoms with Crippen LogP contribution >= 0.6 is 0 Å². The van der Waals surface area contributed by atoms with Gasteiger partial charge in [0.25, 0.3) is 0 Å². The number of carbonyl (C=O) groups excluding carboxylic acids is 1. The summed E-state index contributed by atoms with van der Waals surface area (Å²) in [6.45, 7) is 4.43. The lowest BCUT2D eigenvalue weighted by molar-refractivity contribution is 0.0600. The smallest absolute Gasteiger partial charge is 0.343 e. The summed E-state index contributed by atoms with van der Waals surface area (Å²) in [5, 5.41) is 0. The number of methoxy groups -OCH3 is 1. The van der Waals surface area contributed by atoms with E-state index in [1.165, 1.54) is 7.11 Å². The molecule has 1 aliphatic heterocycles. The van der Waals surface area contributed by atoms with E-state index in [1.807, 2.05) is 4.90 Å². The summed E-state index contributed by atoms with van der Waals surface area (Å²) < 4.78 is 9.91. The van der Waals surface area contributed by atoms with Crippen molar-refractivity contribution in [3.05, 3.63) is 11.3 Å². The van der Waals surface area contributed by atoms with Crippen LogP contribution in [0.2, 0.25) is 0 Å². The van der Waals surface area contributed by atoms with Gasteiger partial charge in [0.15, 0.2) is 0 Å². The second-order valence-corrected chi connectivity index (χ2v) is 3.96. The van der Waals surface area contributed by atoms with Gasteiger partial charge in [0, 0.05) is 13.1 Å². The lowest BCUT2D eigenvalue weighted by Gasteiger charge is -2.27. The van der Waals surface area contributed by atoms with Gasteiger partial charge in [-0.15, -0.1) is 0 Å². The van der Waals surface area contributed by atoms with Crippen LogP contribution in [0.25, 0.3) is 0 Å². The summed E-state index contributed by atoms with van der Waals surface area (Å²) in [6, 6.07) is 0. The maximum absolute atomic E-state index is 11.5. The molecule has 1 saturated heterocycles. The number of aryl methyl sites for hydroxylation is 1. The number of rotatable bonds is 2. The highest BCUT2D eigenvalue weighted by molar-refractivity contribution is 5.95. The molecule has 0 saturated carbocycles. The predicted octanol–water partition coefficient (Wildman–Crippen LogP) is -0.00958. The van der Waals surface area contributed by atoms with E-state index in [1.54, 1.807) is 6.92 Å². The van der Waals surface area contributed by atoms with Crippen LogP contribution < -0.4 is 10.6 Å². The summed E-state index contributed by atoms with van der Waals surface area (Å²) >= 11 is 0. The van der Waals surface area contributed by atoms with Crippen LogP contribution in [0.5, 0.6) is 0 Å². The Kier molecular flexibility index (Phi) is 3.61. The number of nitrogen functional groups attached to an aromatic ring is 1. The summed E-state index contributed by atoms with van der Waals surface area (Å²) in [5.41, 5.74) is 6.55. The standard InChI is InChI=1S/C11H16N4O3/c1-7-8(10(16)17-2)9(12)14-11(13-7)15-3-5-18-6-4-15/h3-6H2,1-2H3,(H2,12,13,14). The van der Waals surface area contributed by atoms with Crippen molar-refractivity contribution < 1.29 is 14.3 Å². The van der Waals surface area contributed by atoms with Crippen LogP contribution in [-0.4, -0.2) is 49.4 Å². The number of esters is 1. The van der Waals surface area contributed by atoms with Gasteiger partial charge in [-0.3, -0.25) is 0 Å². The topological polar surface area (TPSA) is 90.6 Å². The molecule has 0 radical (unpaired) electrons. The highest BCUT2D eigenvalue weighted by Crippen LogP contribution is 2.19. The molecule has 7 heteroatoms. The van der Waals surface area contributed by atoms with Crippen molar-refractivity contribution in [1.29, 1.82) is 0 Å². The Hall–Kier alpha value is -1.89. The fraction of sp³-hybridized carbons (Fsp3) is 0.545. The van der Waals surface area contributed by atoms with Gasteiger partial charge in [0.1, 0.15) is 11.4 Å². The number of aromatic nitrogens is 2. The quantitative estimate of drug-likeness (QED) is 0.740. The second-order valence-electron chi connectivity index (χ2n) is 3.96. The first kappa shape index (κ1) is 12.6. The lowest BCUT2D eigenvalue weighted by atomic mass is 10.2. The average Bonchev–Trinajstić information content (AvgIpc) is 2.38. The predicted molar refractivity (Wildman–Crippen MR) is 65.6 cm³/mol. The van der Waals surface area contributed by atoms with Crippen molar-refractivity contribution in [2.24, 2.45) is 0 Å². The first-order valence-corrected chi connectivity index (χ1v) is 5.68. The minimum atomic E-state index is -0.515. The number of carbonyl (C=O) groups is 1. The summed E-state index contributed by atoms with van der Waals surface area (Å²) in [5.74, 6) is 0.162. The Balaban J connectivity index is 2.32. The van der Waals surface area contributed by atoms with Crippen molar-refractivity contribution >= 4 is 17.7 Å². The second kappa shape index (κ2) is 5.18. The summed E-state index contributed by atoms with van der Waals surface area (Å²) in [6.07, 6.45) is 0. The van der Waals surface area contributed by atoms with Gasteiger partial charge in [-0.05, 0) is 6.92 Å². The Morgan fingerprint density at radius 3 is 2.61 bits per heavy atom. The molecule has 2 heterocycles. The number of hydrogen-bond acceptors (Lipinski definition) is 7. The molecule has 98 valence electrons. The van der Waals surface area contributed by atoms with Gasteiger partial charge in [0.2, 0.25) is 5.95 Å². The zero-order valence-electron chi connectivity index (χ0n) is 10.5. The van der Waals surface area contributed by atoms with Crippen molar-refractivity contribution in [1.82, 2.24) is 9.97 Å². The molecule has 0 unspecified atom stereocenters. The minimum absolute atomic E-state index is 0.149. The molecule has 1 fully saturated rings. The first-order valence-electron chi connectivity index (χ1n) is 5.68. The van der Waals surface area contributed by atoms with Crippen molar-refractivity contribution in [3.63, 3.8) is 0 Å². The summed E-state index contributed by atoms with van der Waals surface area (Å²) in [7, 11) is 1.30. The van der Waals surface area contributed by atoms with Crippen molar-refractivity contribution in [2.75, 3.05) is 44.0 Å². The molecule has 1 aromatic heterocycles. The molecule has 2 N–H and O–H groups in total. The lowest BCUT2D eigenvalue weighted by Crippen LogP contribution is -2.37. The van der Waals surface area contributed by atoms with E-state index in [9.17, 15) is 4.79 Å². The molecule has 0 bridgehead atoms. The molecule has 0 aromatic carbocycles. The van der Waals surface area contributed by atoms with Gasteiger partial charge in [-0.25, -0.2) is 9.78 Å². The van der Waals surface area contributed by atoms with Gasteiger partial charge < -0.3 is 20.1 Å². The van der Waals surface area contributed by atoms with E-state index in [4.69, 9.17) is 10.5 Å². The number of ether oxygens (including phenoxy) is 2. The molecular formula is C11H16N4O3. The van der Waals surface area contributed by atoms with Gasteiger partial charge >= 0.3 is 5.97 Å². The number of morpholine rings is 1. The van der Waals surface area contributed by atoms with Crippen LogP contribution in [0.15, 0.2) is 0 Å². The molecule has 18 heavy (non-hydrogen) atoms. The van der Waals surface area contributed by atoms with Gasteiger partial charge in [0.05, 0.1) is 26.0 Å². The van der Waals surface area contributed by atoms with Crippen LogP contribution in [0.1, 0.15) is 16.1 Å². The highest BCUT2D eigenvalue weighted by Gasteiger charge is 2.20. The monoisotopic (exact) mass is 252 g/mol. The van der Waals surface area contributed by atoms with E-state index in [-0.39, 0.29) is 11.4 Å². The zero-order chi connectivity index (χ0) is 13.1. The fourth-order valence-electron chi connectivity index (χ4n) is 1.84. The van der Waals surface area contributed by atoms with E-state index in [0.29, 0.717) is 24.9 Å². The number of nitrogens with zero attached hydrogens (tertiary/aromatic N) is 3. The SMILES string of the molecule is COC(=O)c1c(C)nc(N2CCOCC2)nc1N. The fourth-order valence-corrected chi connectivity index (χ4v) is 1.84. The third-order valence-corrected chi connectivity index (χ3v) is 2.79. The van der Waals surface area contributed by atoms with Crippen molar-refractivity contribution in [3.8, 4) is 0 Å². The van der Waals surface area contributed by atoms with E-state index < -0.39 is 5.97 Å². The first-order chi connectivity index (χ1) is 8.63. The molecule has 0 amide bonds. The van der Waals surface area contributed by atoms with E-state index in [2.05, 4.69) is 14.7 Å². The third-order valence-electron chi connectivity index (χ3n) is 2.79. The molecular weight excluding hydrogens is 236 g/mol. The Morgan fingerprint density at radius 2 is 2.06 bits per heavy atom. The van der Waals surface area contributed by atoms with Gasteiger partial charge in [-0.2, -0.15) is 4.98 Å². The maximum Gasteiger partial charge on any atom is 0.343 e. The Morgan fingerprint density at radius 1 is 1.39 bits per heavy atom. The van der Waals surface area contributed by atoms with Crippen LogP contribution in [0, 0.1) is 6.92 Å². The van der Waals surface area contributed by atoms with Crippen molar-refractivity contribution in [2.45, 2.75) is 6.92 Å². The molecule has 1 aromatic rings. The molecule has 0 spiro atoms. The highest BCUT2D eigenvalue weighted by atomic mass is 16.5. The molecule has 0 aliphatic carbocycles. The number of anilines is 2. The maximum atomic E-state index is 11.5. The molecule has 2 rings (SSSR count).